The normalized spacial score (nSPS) is 15.4. The van der Waals surface area contributed by atoms with Crippen molar-refractivity contribution in [1.82, 2.24) is 0 Å². The maximum absolute atomic E-state index is 13.6. The van der Waals surface area contributed by atoms with Crippen molar-refractivity contribution >= 4 is 31.3 Å². The Labute approximate surface area is 197 Å². The Morgan fingerprint density at radius 3 is 2.30 bits per heavy atom. The van der Waals surface area contributed by atoms with Crippen LogP contribution in [0.4, 0.5) is 5.69 Å². The largest absolute Gasteiger partial charge is 0.554 e. The molecule has 3 rings (SSSR count). The monoisotopic (exact) mass is 471 g/mol. The Morgan fingerprint density at radius 2 is 1.73 bits per heavy atom. The molecule has 2 aromatic rings. The lowest BCUT2D eigenvalue weighted by Crippen LogP contribution is -2.35. The van der Waals surface area contributed by atoms with Gasteiger partial charge in [-0.25, -0.2) is 4.79 Å². The Bertz CT molecular complexity index is 926. The molecule has 0 spiro atoms. The van der Waals surface area contributed by atoms with E-state index in [1.165, 1.54) is 44.3 Å². The molecule has 0 saturated carbocycles. The third-order valence-corrected chi connectivity index (χ3v) is 11.7. The summed E-state index contributed by atoms with van der Waals surface area (Å²) in [6.45, 7) is 3.54. The molecule has 1 aliphatic heterocycles. The molecule has 7 heteroatoms. The molecule has 1 atom stereocenters. The first kappa shape index (κ1) is 26.5. The molecule has 1 saturated heterocycles. The SMILES string of the molecule is CCC(C(=O)Nc1c(C)cccc1C(=O)OC)[P+]1(Cc2ccccc2)CCCCC1.O=C[O-]. The number of nitrogens with one attached hydrogen (secondary N) is 1. The van der Waals surface area contributed by atoms with Gasteiger partial charge < -0.3 is 20.0 Å². The molecule has 1 amide bonds. The summed E-state index contributed by atoms with van der Waals surface area (Å²) in [6, 6.07) is 16.1. The fourth-order valence-electron chi connectivity index (χ4n) is 4.81. The van der Waals surface area contributed by atoms with Crippen molar-refractivity contribution in [2.45, 2.75) is 51.4 Å². The van der Waals surface area contributed by atoms with Crippen LogP contribution in [0.3, 0.4) is 0 Å². The van der Waals surface area contributed by atoms with Crippen LogP contribution in [-0.4, -0.2) is 43.4 Å². The molecule has 178 valence electrons. The molecule has 33 heavy (non-hydrogen) atoms. The molecule has 0 aliphatic carbocycles. The van der Waals surface area contributed by atoms with Gasteiger partial charge in [-0.3, -0.25) is 4.79 Å². The van der Waals surface area contributed by atoms with Crippen LogP contribution in [0.15, 0.2) is 48.5 Å². The van der Waals surface area contributed by atoms with Crippen LogP contribution >= 0.6 is 7.26 Å². The van der Waals surface area contributed by atoms with E-state index in [4.69, 9.17) is 14.6 Å². The number of hydrogen-bond acceptors (Lipinski definition) is 5. The second-order valence-electron chi connectivity index (χ2n) is 8.37. The summed E-state index contributed by atoms with van der Waals surface area (Å²) in [5.74, 6) is -0.364. The van der Waals surface area contributed by atoms with Gasteiger partial charge in [-0.2, -0.15) is 0 Å². The van der Waals surface area contributed by atoms with Crippen LogP contribution in [0.2, 0.25) is 0 Å². The maximum atomic E-state index is 13.6. The van der Waals surface area contributed by atoms with E-state index in [1.54, 1.807) is 6.07 Å². The van der Waals surface area contributed by atoms with Crippen LogP contribution in [0.1, 0.15) is 54.1 Å². The lowest BCUT2D eigenvalue weighted by atomic mass is 10.1. The Balaban J connectivity index is 0.00000122. The van der Waals surface area contributed by atoms with Crippen molar-refractivity contribution in [3.8, 4) is 0 Å². The molecule has 1 unspecified atom stereocenters. The van der Waals surface area contributed by atoms with Gasteiger partial charge in [0.25, 0.3) is 5.91 Å². The summed E-state index contributed by atoms with van der Waals surface area (Å²) in [5, 5.41) is 11.4. The highest BCUT2D eigenvalue weighted by Gasteiger charge is 2.49. The van der Waals surface area contributed by atoms with Crippen molar-refractivity contribution in [1.29, 1.82) is 0 Å². The van der Waals surface area contributed by atoms with Crippen molar-refractivity contribution in [2.75, 3.05) is 24.8 Å². The smallest absolute Gasteiger partial charge is 0.339 e. The highest BCUT2D eigenvalue weighted by atomic mass is 31.2. The zero-order valence-electron chi connectivity index (χ0n) is 19.7. The first-order valence-electron chi connectivity index (χ1n) is 11.4. The topological polar surface area (TPSA) is 95.5 Å². The van der Waals surface area contributed by atoms with E-state index < -0.39 is 19.7 Å². The molecule has 6 nitrogen and oxygen atoms in total. The number of esters is 1. The second kappa shape index (κ2) is 13.1. The molecule has 0 bridgehead atoms. The number of benzene rings is 2. The number of para-hydroxylation sites is 1. The zero-order valence-corrected chi connectivity index (χ0v) is 20.6. The molecule has 1 fully saturated rings. The van der Waals surface area contributed by atoms with E-state index in [0.717, 1.165) is 18.1 Å². The highest BCUT2D eigenvalue weighted by molar-refractivity contribution is 7.76. The predicted molar refractivity (Wildman–Crippen MR) is 132 cm³/mol. The summed E-state index contributed by atoms with van der Waals surface area (Å²) in [6.07, 6.45) is 7.88. The van der Waals surface area contributed by atoms with E-state index in [-0.39, 0.29) is 11.6 Å². The third-order valence-electron chi connectivity index (χ3n) is 6.32. The number of carbonyl (C=O) groups is 3. The second-order valence-corrected chi connectivity index (χ2v) is 12.6. The van der Waals surface area contributed by atoms with Crippen LogP contribution in [-0.2, 0) is 20.5 Å². The zero-order chi connectivity index (χ0) is 24.3. The van der Waals surface area contributed by atoms with Crippen molar-refractivity contribution in [3.63, 3.8) is 0 Å². The predicted octanol–water partition coefficient (Wildman–Crippen LogP) is 4.27. The number of carbonyl (C=O) groups excluding carboxylic acids is 3. The number of ether oxygens (including phenoxy) is 1. The lowest BCUT2D eigenvalue weighted by molar-refractivity contribution is -0.283. The fraction of sp³-hybridized carbons (Fsp3) is 0.423. The van der Waals surface area contributed by atoms with Crippen molar-refractivity contribution in [3.05, 3.63) is 65.2 Å². The molecular weight excluding hydrogens is 437 g/mol. The Morgan fingerprint density at radius 1 is 1.09 bits per heavy atom. The lowest BCUT2D eigenvalue weighted by Gasteiger charge is -2.36. The summed E-state index contributed by atoms with van der Waals surface area (Å²) >= 11 is 0. The summed E-state index contributed by atoms with van der Waals surface area (Å²) in [5.41, 5.74) is 3.22. The first-order chi connectivity index (χ1) is 15.9. The van der Waals surface area contributed by atoms with E-state index in [1.807, 2.05) is 25.1 Å². The quantitative estimate of drug-likeness (QED) is 0.370. The van der Waals surface area contributed by atoms with Gasteiger partial charge in [0.05, 0.1) is 36.8 Å². The minimum Gasteiger partial charge on any atom is -0.554 e. The van der Waals surface area contributed by atoms with E-state index in [0.29, 0.717) is 11.3 Å². The van der Waals surface area contributed by atoms with Gasteiger partial charge in [0.2, 0.25) is 0 Å². The van der Waals surface area contributed by atoms with Gasteiger partial charge in [-0.15, -0.1) is 0 Å². The van der Waals surface area contributed by atoms with Crippen molar-refractivity contribution in [2.24, 2.45) is 0 Å². The number of hydrogen-bond donors (Lipinski definition) is 1. The van der Waals surface area contributed by atoms with Gasteiger partial charge in [-0.1, -0.05) is 49.4 Å². The summed E-state index contributed by atoms with van der Waals surface area (Å²) < 4.78 is 4.93. The third kappa shape index (κ3) is 6.88. The minimum atomic E-state index is -1.50. The highest BCUT2D eigenvalue weighted by Crippen LogP contribution is 2.69. The molecule has 1 heterocycles. The van der Waals surface area contributed by atoms with Gasteiger partial charge in [0, 0.05) is 13.7 Å². The van der Waals surface area contributed by atoms with E-state index in [2.05, 4.69) is 36.5 Å². The van der Waals surface area contributed by atoms with Crippen molar-refractivity contribution < 1.29 is 24.2 Å². The summed E-state index contributed by atoms with van der Waals surface area (Å²) in [4.78, 5) is 34.1. The van der Waals surface area contributed by atoms with Crippen LogP contribution in [0, 0.1) is 6.92 Å². The maximum Gasteiger partial charge on any atom is 0.339 e. The number of rotatable bonds is 7. The molecule has 0 radical (unpaired) electrons. The number of aryl methyl sites for hydroxylation is 1. The van der Waals surface area contributed by atoms with Crippen LogP contribution in [0.5, 0.6) is 0 Å². The fourth-order valence-corrected chi connectivity index (χ4v) is 10.2. The minimum absolute atomic E-state index is 0.00288. The molecule has 1 aliphatic rings. The summed E-state index contributed by atoms with van der Waals surface area (Å²) in [7, 11) is -0.136. The molecular formula is C26H34NO5P. The molecule has 2 aromatic carbocycles. The van der Waals surface area contributed by atoms with Gasteiger partial charge in [0.15, 0.2) is 0 Å². The molecule has 1 N–H and O–H groups in total. The number of methoxy groups -OCH3 is 1. The van der Waals surface area contributed by atoms with E-state index in [9.17, 15) is 9.59 Å². The molecule has 0 aromatic heterocycles. The standard InChI is InChI=1S/C25H32NO3P.CH2O2/c1-4-22(24(27)26-23-19(2)12-11-15-21(23)25(28)29-3)30(16-9-6-10-17-30)18-20-13-7-5-8-14-20;2-1-3/h5,7-8,11-15,22H,4,6,9-10,16-18H2,1-3H3;1H,(H,2,3). The number of amides is 1. The van der Waals surface area contributed by atoms with Crippen LogP contribution in [0.25, 0.3) is 0 Å². The average Bonchev–Trinajstić information content (AvgIpc) is 2.82. The Kier molecular flexibility index (Phi) is 10.5. The van der Waals surface area contributed by atoms with Crippen LogP contribution < -0.4 is 10.4 Å². The van der Waals surface area contributed by atoms with Gasteiger partial charge >= 0.3 is 5.97 Å². The van der Waals surface area contributed by atoms with Gasteiger partial charge in [0.1, 0.15) is 5.66 Å². The number of carboxylic acid groups (broad SMARTS) is 1. The van der Waals surface area contributed by atoms with Gasteiger partial charge in [-0.05, 0) is 49.8 Å². The van der Waals surface area contributed by atoms with E-state index >= 15 is 0 Å². The Hall–Kier alpha value is -2.72. The first-order valence-corrected chi connectivity index (χ1v) is 13.8. The average molecular weight is 472 g/mol. The number of anilines is 1.